The van der Waals surface area contributed by atoms with Crippen LogP contribution in [0.25, 0.3) is 0 Å². The first-order valence-electron chi connectivity index (χ1n) is 5.79. The number of hydrogen-bond donors (Lipinski definition) is 4. The number of benzene rings is 1. The maximum atomic E-state index is 4.98. The van der Waals surface area contributed by atoms with Crippen molar-refractivity contribution in [3.63, 3.8) is 0 Å². The third-order valence-electron chi connectivity index (χ3n) is 2.15. The van der Waals surface area contributed by atoms with Crippen LogP contribution >= 0.6 is 24.4 Å². The van der Waals surface area contributed by atoms with Crippen LogP contribution in [0.2, 0.25) is 0 Å². The molecule has 6 nitrogen and oxygen atoms in total. The van der Waals surface area contributed by atoms with Gasteiger partial charge in [-0.05, 0) is 24.4 Å². The molecule has 0 saturated carbocycles. The van der Waals surface area contributed by atoms with Gasteiger partial charge < -0.3 is 10.6 Å². The Balaban J connectivity index is 2.85. The van der Waals surface area contributed by atoms with Gasteiger partial charge in [0.15, 0.2) is 10.2 Å². The van der Waals surface area contributed by atoms with Gasteiger partial charge in [0, 0.05) is 19.7 Å². The van der Waals surface area contributed by atoms with Gasteiger partial charge in [-0.15, -0.1) is 0 Å². The lowest BCUT2D eigenvalue weighted by atomic mass is 10.1. The van der Waals surface area contributed by atoms with Crippen molar-refractivity contribution in [2.45, 2.75) is 0 Å². The zero-order valence-corrected chi connectivity index (χ0v) is 12.8. The summed E-state index contributed by atoms with van der Waals surface area (Å²) >= 11 is 9.90. The molecular weight excluding hydrogens is 292 g/mol. The predicted octanol–water partition coefficient (Wildman–Crippen LogP) is 0.564. The van der Waals surface area contributed by atoms with Gasteiger partial charge in [-0.3, -0.25) is 10.9 Å². The Morgan fingerprint density at radius 2 is 1.60 bits per heavy atom. The highest BCUT2D eigenvalue weighted by molar-refractivity contribution is 7.80. The highest BCUT2D eigenvalue weighted by atomic mass is 32.1. The Labute approximate surface area is 128 Å². The summed E-state index contributed by atoms with van der Waals surface area (Å²) in [6.45, 7) is 0. The highest BCUT2D eigenvalue weighted by Crippen LogP contribution is 1.99. The monoisotopic (exact) mass is 308 g/mol. The normalized spacial score (nSPS) is 11.0. The molecule has 4 N–H and O–H groups in total. The molecule has 1 rings (SSSR count). The summed E-state index contributed by atoms with van der Waals surface area (Å²) in [7, 11) is 3.43. The van der Waals surface area contributed by atoms with E-state index in [1.54, 1.807) is 20.3 Å². The van der Waals surface area contributed by atoms with Crippen molar-refractivity contribution < 1.29 is 0 Å². The summed E-state index contributed by atoms with van der Waals surface area (Å²) in [5, 5.41) is 14.6. The number of hydrazone groups is 2. The molecule has 0 saturated heterocycles. The molecule has 0 heterocycles. The van der Waals surface area contributed by atoms with Gasteiger partial charge in [0.2, 0.25) is 0 Å². The lowest BCUT2D eigenvalue weighted by Crippen LogP contribution is -2.30. The van der Waals surface area contributed by atoms with Gasteiger partial charge in [-0.2, -0.15) is 10.2 Å². The topological polar surface area (TPSA) is 72.8 Å². The third kappa shape index (κ3) is 5.72. The van der Waals surface area contributed by atoms with Crippen LogP contribution in [-0.2, 0) is 0 Å². The molecule has 8 heteroatoms. The van der Waals surface area contributed by atoms with Crippen LogP contribution in [0.1, 0.15) is 5.56 Å². The van der Waals surface area contributed by atoms with E-state index in [1.807, 2.05) is 30.3 Å². The maximum Gasteiger partial charge on any atom is 0.186 e. The van der Waals surface area contributed by atoms with Gasteiger partial charge in [-0.1, -0.05) is 30.3 Å². The molecule has 1 aromatic carbocycles. The Kier molecular flexibility index (Phi) is 7.15. The number of nitrogens with one attached hydrogen (secondary N) is 4. The van der Waals surface area contributed by atoms with E-state index in [2.05, 4.69) is 31.7 Å². The minimum absolute atomic E-state index is 0.422. The molecule has 0 aliphatic heterocycles. The van der Waals surface area contributed by atoms with Gasteiger partial charge in [0.05, 0.1) is 6.21 Å². The first-order chi connectivity index (χ1) is 9.67. The molecule has 0 atom stereocenters. The number of thiocarbonyl (C=S) groups is 2. The smallest absolute Gasteiger partial charge is 0.186 e. The quantitative estimate of drug-likeness (QED) is 0.370. The molecule has 0 aliphatic carbocycles. The maximum absolute atomic E-state index is 4.98. The van der Waals surface area contributed by atoms with E-state index in [9.17, 15) is 0 Å². The van der Waals surface area contributed by atoms with Crippen LogP contribution < -0.4 is 21.5 Å². The summed E-state index contributed by atoms with van der Waals surface area (Å²) in [4.78, 5) is 0. The first kappa shape index (κ1) is 16.0. The predicted molar refractivity (Wildman–Crippen MR) is 91.1 cm³/mol. The van der Waals surface area contributed by atoms with E-state index < -0.39 is 0 Å². The molecule has 20 heavy (non-hydrogen) atoms. The second-order valence-electron chi connectivity index (χ2n) is 3.50. The fraction of sp³-hybridized carbons (Fsp3) is 0.167. The van der Waals surface area contributed by atoms with E-state index in [0.717, 1.165) is 5.56 Å². The van der Waals surface area contributed by atoms with E-state index in [4.69, 9.17) is 24.4 Å². The molecular formula is C12H16N6S2. The second-order valence-corrected chi connectivity index (χ2v) is 4.32. The number of nitrogens with zero attached hydrogens (tertiary/aromatic N) is 2. The van der Waals surface area contributed by atoms with Crippen molar-refractivity contribution in [2.24, 2.45) is 10.2 Å². The standard InChI is InChI=1S/C12H16N6S2/c1-13-11(19)17-15-8-10(16-18-12(20)14-2)9-6-4-3-5-7-9/h3-8H,1-2H3,(H2,13,17,19)(H2,14,18,20)/b15-8+,16-10+. The molecule has 0 radical (unpaired) electrons. The summed E-state index contributed by atoms with van der Waals surface area (Å²) in [5.41, 5.74) is 6.91. The van der Waals surface area contributed by atoms with Crippen LogP contribution in [0.4, 0.5) is 0 Å². The Hall–Kier alpha value is -2.06. The second kappa shape index (κ2) is 8.94. The SMILES string of the molecule is CNC(=S)N/N=C(\C=N\NC(=S)NC)c1ccccc1. The first-order valence-corrected chi connectivity index (χ1v) is 6.60. The molecule has 0 aromatic heterocycles. The summed E-state index contributed by atoms with van der Waals surface area (Å²) in [5.74, 6) is 0. The van der Waals surface area contributed by atoms with Crippen LogP contribution in [0.5, 0.6) is 0 Å². The Bertz CT molecular complexity index is 512. The average Bonchev–Trinajstić information content (AvgIpc) is 2.50. The fourth-order valence-corrected chi connectivity index (χ4v) is 1.25. The molecule has 0 aliphatic rings. The molecule has 0 bridgehead atoms. The number of hydrogen-bond acceptors (Lipinski definition) is 4. The molecule has 1 aromatic rings. The molecule has 0 amide bonds. The van der Waals surface area contributed by atoms with Crippen LogP contribution in [0, 0.1) is 0 Å². The molecule has 0 spiro atoms. The lowest BCUT2D eigenvalue weighted by Gasteiger charge is -2.05. The molecule has 0 fully saturated rings. The average molecular weight is 308 g/mol. The van der Waals surface area contributed by atoms with Gasteiger partial charge in [0.25, 0.3) is 0 Å². The van der Waals surface area contributed by atoms with E-state index >= 15 is 0 Å². The van der Waals surface area contributed by atoms with Gasteiger partial charge >= 0.3 is 0 Å². The van der Waals surface area contributed by atoms with Crippen LogP contribution in [0.15, 0.2) is 40.5 Å². The Morgan fingerprint density at radius 1 is 1.00 bits per heavy atom. The summed E-state index contributed by atoms with van der Waals surface area (Å²) < 4.78 is 0. The number of rotatable bonds is 4. The zero-order valence-electron chi connectivity index (χ0n) is 11.2. The van der Waals surface area contributed by atoms with Gasteiger partial charge in [-0.25, -0.2) is 0 Å². The molecule has 106 valence electrons. The lowest BCUT2D eigenvalue weighted by molar-refractivity contribution is 0.972. The Morgan fingerprint density at radius 3 is 2.20 bits per heavy atom. The minimum atomic E-state index is 0.422. The van der Waals surface area contributed by atoms with Crippen molar-refractivity contribution >= 4 is 46.6 Å². The highest BCUT2D eigenvalue weighted by Gasteiger charge is 2.00. The third-order valence-corrected chi connectivity index (χ3v) is 2.75. The van der Waals surface area contributed by atoms with Gasteiger partial charge in [0.1, 0.15) is 5.71 Å². The van der Waals surface area contributed by atoms with Crippen molar-refractivity contribution in [2.75, 3.05) is 14.1 Å². The minimum Gasteiger partial charge on any atom is -0.364 e. The summed E-state index contributed by atoms with van der Waals surface area (Å²) in [6.07, 6.45) is 1.56. The van der Waals surface area contributed by atoms with Crippen molar-refractivity contribution in [1.82, 2.24) is 21.5 Å². The van der Waals surface area contributed by atoms with Crippen LogP contribution in [-0.4, -0.2) is 36.2 Å². The van der Waals surface area contributed by atoms with Crippen molar-refractivity contribution in [3.8, 4) is 0 Å². The van der Waals surface area contributed by atoms with E-state index in [-0.39, 0.29) is 0 Å². The fourth-order valence-electron chi connectivity index (χ4n) is 1.15. The van der Waals surface area contributed by atoms with Crippen LogP contribution in [0.3, 0.4) is 0 Å². The largest absolute Gasteiger partial charge is 0.364 e. The zero-order chi connectivity index (χ0) is 14.8. The van der Waals surface area contributed by atoms with E-state index in [1.165, 1.54) is 0 Å². The van der Waals surface area contributed by atoms with Crippen molar-refractivity contribution in [1.29, 1.82) is 0 Å². The van der Waals surface area contributed by atoms with E-state index in [0.29, 0.717) is 15.9 Å². The van der Waals surface area contributed by atoms with Crippen molar-refractivity contribution in [3.05, 3.63) is 35.9 Å². The molecule has 0 unspecified atom stereocenters. The summed E-state index contributed by atoms with van der Waals surface area (Å²) in [6, 6.07) is 9.61.